The van der Waals surface area contributed by atoms with Crippen LogP contribution in [-0.4, -0.2) is 9.67 Å². The van der Waals surface area contributed by atoms with Crippen LogP contribution in [0.3, 0.4) is 0 Å². The fourth-order valence-corrected chi connectivity index (χ4v) is 2.79. The van der Waals surface area contributed by atoms with Crippen LogP contribution in [0.15, 0.2) is 48.7 Å². The second kappa shape index (κ2) is 5.49. The van der Waals surface area contributed by atoms with Gasteiger partial charge >= 0.3 is 0 Å². The van der Waals surface area contributed by atoms with Crippen molar-refractivity contribution in [3.05, 3.63) is 69.8 Å². The quantitative estimate of drug-likeness (QED) is 0.758. The van der Waals surface area contributed by atoms with Crippen molar-refractivity contribution in [3.8, 4) is 0 Å². The van der Waals surface area contributed by atoms with E-state index < -0.39 is 0 Å². The van der Waals surface area contributed by atoms with E-state index in [4.69, 9.17) is 28.3 Å². The van der Waals surface area contributed by atoms with Gasteiger partial charge in [-0.15, -0.1) is 0 Å². The van der Waals surface area contributed by atoms with Gasteiger partial charge in [0, 0.05) is 28.3 Å². The summed E-state index contributed by atoms with van der Waals surface area (Å²) in [6.07, 6.45) is 2.02. The molecular weight excluding hydrogens is 293 g/mol. The monoisotopic (exact) mass is 305 g/mol. The molecule has 3 aromatic rings. The Kier molecular flexibility index (Phi) is 3.70. The number of hydrogen-bond acceptors (Lipinski definition) is 1. The van der Waals surface area contributed by atoms with Crippen LogP contribution < -0.4 is 0 Å². The SMILES string of the molecule is OCc1ccc2c(ccn2Cc2ccc(Cl)cc2Cl)c1. The van der Waals surface area contributed by atoms with Crippen LogP contribution in [0.1, 0.15) is 11.1 Å². The molecule has 0 unspecified atom stereocenters. The molecule has 0 radical (unpaired) electrons. The van der Waals surface area contributed by atoms with E-state index in [2.05, 4.69) is 4.57 Å². The minimum Gasteiger partial charge on any atom is -0.392 e. The van der Waals surface area contributed by atoms with E-state index in [0.29, 0.717) is 16.6 Å². The van der Waals surface area contributed by atoms with E-state index >= 15 is 0 Å². The van der Waals surface area contributed by atoms with Gasteiger partial charge in [-0.2, -0.15) is 0 Å². The average molecular weight is 306 g/mol. The third-order valence-electron chi connectivity index (χ3n) is 3.37. The summed E-state index contributed by atoms with van der Waals surface area (Å²) < 4.78 is 2.13. The lowest BCUT2D eigenvalue weighted by molar-refractivity contribution is 0.282. The van der Waals surface area contributed by atoms with Crippen molar-refractivity contribution in [2.45, 2.75) is 13.2 Å². The summed E-state index contributed by atoms with van der Waals surface area (Å²) in [4.78, 5) is 0. The van der Waals surface area contributed by atoms with E-state index in [1.807, 2.05) is 42.6 Å². The standard InChI is InChI=1S/C16H13Cl2NO/c17-14-3-2-13(15(18)8-14)9-19-6-5-12-7-11(10-20)1-4-16(12)19/h1-8,20H,9-10H2. The number of rotatable bonds is 3. The Morgan fingerprint density at radius 2 is 1.85 bits per heavy atom. The molecule has 0 amide bonds. The topological polar surface area (TPSA) is 25.2 Å². The molecule has 1 heterocycles. The first kappa shape index (κ1) is 13.5. The maximum atomic E-state index is 9.16. The van der Waals surface area contributed by atoms with Crippen LogP contribution in [-0.2, 0) is 13.2 Å². The van der Waals surface area contributed by atoms with Gasteiger partial charge in [0.2, 0.25) is 0 Å². The van der Waals surface area contributed by atoms with Gasteiger partial charge in [0.15, 0.2) is 0 Å². The van der Waals surface area contributed by atoms with Crippen LogP contribution in [0.25, 0.3) is 10.9 Å². The van der Waals surface area contributed by atoms with Crippen LogP contribution in [0, 0.1) is 0 Å². The van der Waals surface area contributed by atoms with Crippen molar-refractivity contribution >= 4 is 34.1 Å². The predicted molar refractivity (Wildman–Crippen MR) is 83.4 cm³/mol. The van der Waals surface area contributed by atoms with Gasteiger partial charge in [-0.3, -0.25) is 0 Å². The first-order valence-electron chi connectivity index (χ1n) is 6.30. The highest BCUT2D eigenvalue weighted by atomic mass is 35.5. The van der Waals surface area contributed by atoms with E-state index in [-0.39, 0.29) is 6.61 Å². The Bertz CT molecular complexity index is 764. The third-order valence-corrected chi connectivity index (χ3v) is 3.96. The second-order valence-electron chi connectivity index (χ2n) is 4.73. The van der Waals surface area contributed by atoms with Crippen LogP contribution in [0.2, 0.25) is 10.0 Å². The first-order valence-corrected chi connectivity index (χ1v) is 7.05. The van der Waals surface area contributed by atoms with Crippen molar-refractivity contribution in [1.82, 2.24) is 4.57 Å². The molecule has 0 fully saturated rings. The molecule has 0 aliphatic heterocycles. The summed E-state index contributed by atoms with van der Waals surface area (Å²) in [5.41, 5.74) is 3.06. The molecule has 2 aromatic carbocycles. The lowest BCUT2D eigenvalue weighted by Gasteiger charge is -2.08. The zero-order chi connectivity index (χ0) is 14.1. The van der Waals surface area contributed by atoms with Crippen LogP contribution in [0.4, 0.5) is 0 Å². The zero-order valence-corrected chi connectivity index (χ0v) is 12.2. The molecule has 0 bridgehead atoms. The molecule has 1 N–H and O–H groups in total. The van der Waals surface area contributed by atoms with Crippen LogP contribution >= 0.6 is 23.2 Å². The Morgan fingerprint density at radius 3 is 2.60 bits per heavy atom. The summed E-state index contributed by atoms with van der Waals surface area (Å²) in [6.45, 7) is 0.752. The zero-order valence-electron chi connectivity index (χ0n) is 10.7. The fourth-order valence-electron chi connectivity index (χ4n) is 2.32. The average Bonchev–Trinajstić information content (AvgIpc) is 2.84. The summed E-state index contributed by atoms with van der Waals surface area (Å²) in [5, 5.41) is 11.6. The van der Waals surface area contributed by atoms with Gasteiger partial charge in [-0.1, -0.05) is 35.3 Å². The normalized spacial score (nSPS) is 11.2. The number of aliphatic hydroxyl groups is 1. The lowest BCUT2D eigenvalue weighted by Crippen LogP contribution is -1.98. The lowest BCUT2D eigenvalue weighted by atomic mass is 10.1. The predicted octanol–water partition coefficient (Wildman–Crippen LogP) is 4.49. The maximum absolute atomic E-state index is 9.16. The Hall–Kier alpha value is -1.48. The van der Waals surface area contributed by atoms with E-state index in [9.17, 15) is 0 Å². The molecule has 0 atom stereocenters. The molecule has 1 aromatic heterocycles. The molecule has 102 valence electrons. The smallest absolute Gasteiger partial charge is 0.0682 e. The second-order valence-corrected chi connectivity index (χ2v) is 5.57. The summed E-state index contributed by atoms with van der Waals surface area (Å²) >= 11 is 12.1. The van der Waals surface area contributed by atoms with E-state index in [0.717, 1.165) is 22.0 Å². The molecule has 0 spiro atoms. The number of halogens is 2. The number of fused-ring (bicyclic) bond motifs is 1. The first-order chi connectivity index (χ1) is 9.67. The van der Waals surface area contributed by atoms with Crippen molar-refractivity contribution in [3.63, 3.8) is 0 Å². The largest absolute Gasteiger partial charge is 0.392 e. The number of hydrogen-bond donors (Lipinski definition) is 1. The van der Waals surface area contributed by atoms with Gasteiger partial charge in [-0.05, 0) is 46.8 Å². The minimum atomic E-state index is 0.0597. The molecule has 2 nitrogen and oxygen atoms in total. The van der Waals surface area contributed by atoms with Crippen molar-refractivity contribution in [2.24, 2.45) is 0 Å². The Balaban J connectivity index is 1.98. The van der Waals surface area contributed by atoms with Gasteiger partial charge in [0.25, 0.3) is 0 Å². The van der Waals surface area contributed by atoms with E-state index in [1.165, 1.54) is 0 Å². The molecule has 0 saturated carbocycles. The maximum Gasteiger partial charge on any atom is 0.0682 e. The molecule has 20 heavy (non-hydrogen) atoms. The molecule has 4 heteroatoms. The molecule has 3 rings (SSSR count). The van der Waals surface area contributed by atoms with Crippen molar-refractivity contribution in [2.75, 3.05) is 0 Å². The van der Waals surface area contributed by atoms with Gasteiger partial charge in [-0.25, -0.2) is 0 Å². The highest BCUT2D eigenvalue weighted by molar-refractivity contribution is 6.35. The van der Waals surface area contributed by atoms with Gasteiger partial charge in [0.1, 0.15) is 0 Å². The molecule has 0 saturated heterocycles. The Labute approximate surface area is 127 Å². The van der Waals surface area contributed by atoms with Gasteiger partial charge in [0.05, 0.1) is 6.61 Å². The molecule has 0 aliphatic rings. The highest BCUT2D eigenvalue weighted by Crippen LogP contribution is 2.24. The Morgan fingerprint density at radius 1 is 1.00 bits per heavy atom. The van der Waals surface area contributed by atoms with Crippen molar-refractivity contribution in [1.29, 1.82) is 0 Å². The van der Waals surface area contributed by atoms with Crippen LogP contribution in [0.5, 0.6) is 0 Å². The number of aromatic nitrogens is 1. The number of aliphatic hydroxyl groups excluding tert-OH is 1. The third kappa shape index (κ3) is 2.55. The number of benzene rings is 2. The van der Waals surface area contributed by atoms with E-state index in [1.54, 1.807) is 6.07 Å². The molecule has 0 aliphatic carbocycles. The highest BCUT2D eigenvalue weighted by Gasteiger charge is 2.06. The summed E-state index contributed by atoms with van der Waals surface area (Å²) in [6, 6.07) is 13.5. The minimum absolute atomic E-state index is 0.0597. The fraction of sp³-hybridized carbons (Fsp3) is 0.125. The summed E-state index contributed by atoms with van der Waals surface area (Å²) in [5.74, 6) is 0. The molecular formula is C16H13Cl2NO. The van der Waals surface area contributed by atoms with Gasteiger partial charge < -0.3 is 9.67 Å². The van der Waals surface area contributed by atoms with Crippen molar-refractivity contribution < 1.29 is 5.11 Å². The summed E-state index contributed by atoms with van der Waals surface area (Å²) in [7, 11) is 0. The number of nitrogens with zero attached hydrogens (tertiary/aromatic N) is 1.